The minimum atomic E-state index is -4.10. The van der Waals surface area contributed by atoms with Gasteiger partial charge in [-0.05, 0) is 45.0 Å². The Morgan fingerprint density at radius 2 is 1.65 bits per heavy atom. The lowest BCUT2D eigenvalue weighted by atomic mass is 10.3. The molecular weight excluding hydrogens is 462 g/mol. The van der Waals surface area contributed by atoms with Gasteiger partial charge in [0.1, 0.15) is 17.2 Å². The Labute approximate surface area is 199 Å². The lowest BCUT2D eigenvalue weighted by molar-refractivity contribution is -0.131. The van der Waals surface area contributed by atoms with Crippen molar-refractivity contribution in [2.24, 2.45) is 7.05 Å². The van der Waals surface area contributed by atoms with E-state index in [1.54, 1.807) is 57.0 Å². The maximum absolute atomic E-state index is 13.8. The van der Waals surface area contributed by atoms with Crippen LogP contribution in [0.5, 0.6) is 5.75 Å². The first-order valence-electron chi connectivity index (χ1n) is 11.0. The molecule has 1 fully saturated rings. The molecule has 11 nitrogen and oxygen atoms in total. The Bertz CT molecular complexity index is 1140. The molecule has 0 atom stereocenters. The highest BCUT2D eigenvalue weighted by Gasteiger charge is 2.34. The molecule has 186 valence electrons. The fraction of sp³-hybridized carbons (Fsp3) is 0.500. The molecule has 1 aliphatic rings. The lowest BCUT2D eigenvalue weighted by Crippen LogP contribution is -2.53. The van der Waals surface area contributed by atoms with E-state index in [1.807, 2.05) is 0 Å². The molecule has 0 spiro atoms. The van der Waals surface area contributed by atoms with E-state index in [4.69, 9.17) is 9.47 Å². The van der Waals surface area contributed by atoms with Crippen molar-refractivity contribution in [3.63, 3.8) is 0 Å². The zero-order valence-corrected chi connectivity index (χ0v) is 21.0. The molecule has 34 heavy (non-hydrogen) atoms. The van der Waals surface area contributed by atoms with Gasteiger partial charge in [-0.3, -0.25) is 13.8 Å². The highest BCUT2D eigenvalue weighted by molar-refractivity contribution is 7.93. The molecule has 0 bridgehead atoms. The SMILES string of the molecule is CCOC(=O)N1CCN(C(=O)CN(c2ccc(OC)cc2)S(=O)(=O)c2c(C)nn(C)c2C)CC1. The molecular formula is C22H31N5O6S. The van der Waals surface area contributed by atoms with Gasteiger partial charge in [-0.15, -0.1) is 0 Å². The molecule has 0 radical (unpaired) electrons. The first kappa shape index (κ1) is 25.3. The maximum Gasteiger partial charge on any atom is 0.409 e. The van der Waals surface area contributed by atoms with Crippen LogP contribution in [0.1, 0.15) is 18.3 Å². The average molecular weight is 494 g/mol. The fourth-order valence-electron chi connectivity index (χ4n) is 3.88. The smallest absolute Gasteiger partial charge is 0.409 e. The molecule has 1 aliphatic heterocycles. The topological polar surface area (TPSA) is 114 Å². The molecule has 2 amide bonds. The monoisotopic (exact) mass is 493 g/mol. The number of aryl methyl sites for hydroxylation is 2. The first-order chi connectivity index (χ1) is 16.1. The fourth-order valence-corrected chi connectivity index (χ4v) is 5.70. The Hall–Kier alpha value is -3.28. The summed E-state index contributed by atoms with van der Waals surface area (Å²) in [4.78, 5) is 28.3. The van der Waals surface area contributed by atoms with Crippen LogP contribution in [-0.2, 0) is 26.6 Å². The van der Waals surface area contributed by atoms with E-state index in [2.05, 4.69) is 5.10 Å². The Kier molecular flexibility index (Phi) is 7.70. The summed E-state index contributed by atoms with van der Waals surface area (Å²) in [6.07, 6.45) is -0.417. The standard InChI is InChI=1S/C22H31N5O6S/c1-6-33-22(29)26-13-11-25(12-14-26)20(28)15-27(18-7-9-19(32-5)10-8-18)34(30,31)21-16(2)23-24(4)17(21)3/h7-10H,6,11-15H2,1-5H3. The third-order valence-corrected chi connectivity index (χ3v) is 7.82. The Morgan fingerprint density at radius 1 is 1.06 bits per heavy atom. The summed E-state index contributed by atoms with van der Waals surface area (Å²) in [7, 11) is -0.909. The summed E-state index contributed by atoms with van der Waals surface area (Å²) < 4.78 is 40.4. The number of hydrogen-bond donors (Lipinski definition) is 0. The van der Waals surface area contributed by atoms with Gasteiger partial charge in [0.15, 0.2) is 0 Å². The largest absolute Gasteiger partial charge is 0.497 e. The summed E-state index contributed by atoms with van der Waals surface area (Å²) in [5.74, 6) is 0.207. The van der Waals surface area contributed by atoms with Crippen LogP contribution in [0, 0.1) is 13.8 Å². The third kappa shape index (κ3) is 5.11. The number of benzene rings is 1. The van der Waals surface area contributed by atoms with Crippen molar-refractivity contribution in [2.75, 3.05) is 50.7 Å². The van der Waals surface area contributed by atoms with Crippen molar-refractivity contribution in [2.45, 2.75) is 25.7 Å². The van der Waals surface area contributed by atoms with Crippen LogP contribution < -0.4 is 9.04 Å². The van der Waals surface area contributed by atoms with Crippen LogP contribution in [0.3, 0.4) is 0 Å². The molecule has 3 rings (SSSR count). The van der Waals surface area contributed by atoms with Crippen molar-refractivity contribution in [3.8, 4) is 5.75 Å². The van der Waals surface area contributed by atoms with Crippen LogP contribution in [0.15, 0.2) is 29.2 Å². The summed E-state index contributed by atoms with van der Waals surface area (Å²) in [5.41, 5.74) is 1.17. The molecule has 0 aliphatic carbocycles. The summed E-state index contributed by atoms with van der Waals surface area (Å²) in [6, 6.07) is 6.49. The number of carbonyl (C=O) groups excluding carboxylic acids is 2. The molecule has 1 aromatic carbocycles. The highest BCUT2D eigenvalue weighted by Crippen LogP contribution is 2.29. The molecule has 0 N–H and O–H groups in total. The van der Waals surface area contributed by atoms with Gasteiger partial charge >= 0.3 is 6.09 Å². The van der Waals surface area contributed by atoms with Gasteiger partial charge in [0.05, 0.1) is 30.8 Å². The first-order valence-corrected chi connectivity index (χ1v) is 12.4. The number of carbonyl (C=O) groups is 2. The Morgan fingerprint density at radius 3 is 2.15 bits per heavy atom. The van der Waals surface area contributed by atoms with Crippen molar-refractivity contribution in [1.29, 1.82) is 0 Å². The van der Waals surface area contributed by atoms with Gasteiger partial charge in [-0.1, -0.05) is 0 Å². The number of anilines is 1. The van der Waals surface area contributed by atoms with Gasteiger partial charge in [0, 0.05) is 33.2 Å². The number of aromatic nitrogens is 2. The van der Waals surface area contributed by atoms with Crippen molar-refractivity contribution < 1.29 is 27.5 Å². The molecule has 2 heterocycles. The van der Waals surface area contributed by atoms with Gasteiger partial charge in [0.25, 0.3) is 10.0 Å². The number of piperazine rings is 1. The number of ether oxygens (including phenoxy) is 2. The molecule has 2 aromatic rings. The minimum absolute atomic E-state index is 0.0748. The van der Waals surface area contributed by atoms with Gasteiger partial charge < -0.3 is 19.3 Å². The highest BCUT2D eigenvalue weighted by atomic mass is 32.2. The summed E-state index contributed by atoms with van der Waals surface area (Å²) >= 11 is 0. The second kappa shape index (κ2) is 10.3. The van der Waals surface area contributed by atoms with Crippen molar-refractivity contribution in [3.05, 3.63) is 35.7 Å². The second-order valence-corrected chi connectivity index (χ2v) is 9.70. The molecule has 1 aromatic heterocycles. The molecule has 12 heteroatoms. The average Bonchev–Trinajstić information content (AvgIpc) is 3.09. The van der Waals surface area contributed by atoms with E-state index < -0.39 is 16.1 Å². The zero-order chi connectivity index (χ0) is 25.0. The maximum atomic E-state index is 13.8. The summed E-state index contributed by atoms with van der Waals surface area (Å²) in [6.45, 7) is 6.15. The van der Waals surface area contributed by atoms with Crippen LogP contribution in [0.2, 0.25) is 0 Å². The lowest BCUT2D eigenvalue weighted by Gasteiger charge is -2.35. The number of nitrogens with zero attached hydrogens (tertiary/aromatic N) is 5. The van der Waals surface area contributed by atoms with Gasteiger partial charge in [0.2, 0.25) is 5.91 Å². The molecule has 0 saturated carbocycles. The van der Waals surface area contributed by atoms with Crippen molar-refractivity contribution in [1.82, 2.24) is 19.6 Å². The Balaban J connectivity index is 1.88. The summed E-state index contributed by atoms with van der Waals surface area (Å²) in [5, 5.41) is 4.24. The van der Waals surface area contributed by atoms with Crippen LogP contribution >= 0.6 is 0 Å². The predicted octanol–water partition coefficient (Wildman–Crippen LogP) is 1.54. The molecule has 1 saturated heterocycles. The molecule has 0 unspecified atom stereocenters. The predicted molar refractivity (Wildman–Crippen MR) is 125 cm³/mol. The van der Waals surface area contributed by atoms with Crippen LogP contribution in [0.4, 0.5) is 10.5 Å². The van der Waals surface area contributed by atoms with Crippen LogP contribution in [-0.4, -0.2) is 86.4 Å². The van der Waals surface area contributed by atoms with E-state index >= 15 is 0 Å². The zero-order valence-electron chi connectivity index (χ0n) is 20.1. The third-order valence-electron chi connectivity index (χ3n) is 5.79. The second-order valence-electron chi connectivity index (χ2n) is 7.90. The minimum Gasteiger partial charge on any atom is -0.497 e. The van der Waals surface area contributed by atoms with E-state index in [9.17, 15) is 18.0 Å². The van der Waals surface area contributed by atoms with Crippen molar-refractivity contribution >= 4 is 27.7 Å². The number of amides is 2. The van der Waals surface area contributed by atoms with E-state index in [0.717, 1.165) is 4.31 Å². The van der Waals surface area contributed by atoms with Crippen LogP contribution in [0.25, 0.3) is 0 Å². The van der Waals surface area contributed by atoms with Gasteiger partial charge in [-0.2, -0.15) is 5.10 Å². The van der Waals surface area contributed by atoms with Gasteiger partial charge in [-0.25, -0.2) is 13.2 Å². The van der Waals surface area contributed by atoms with E-state index in [0.29, 0.717) is 49.0 Å². The number of methoxy groups -OCH3 is 1. The van der Waals surface area contributed by atoms with E-state index in [-0.39, 0.29) is 24.0 Å². The number of sulfonamides is 1. The normalized spacial score (nSPS) is 14.1. The quantitative estimate of drug-likeness (QED) is 0.575. The number of rotatable bonds is 7. The van der Waals surface area contributed by atoms with E-state index in [1.165, 1.54) is 16.7 Å². The number of hydrogen-bond acceptors (Lipinski definition) is 7.